The minimum atomic E-state index is -0.536. The molecule has 7 nitrogen and oxygen atoms in total. The molecule has 5 aromatic rings. The molecule has 0 unspecified atom stereocenters. The molecule has 194 valence electrons. The van der Waals surface area contributed by atoms with Crippen LogP contribution in [0.25, 0.3) is 10.9 Å². The van der Waals surface area contributed by atoms with E-state index in [-0.39, 0.29) is 24.5 Å². The van der Waals surface area contributed by atoms with Crippen LogP contribution in [-0.4, -0.2) is 22.2 Å². The number of carbonyl (C=O) groups excluding carboxylic acids is 1. The maximum atomic E-state index is 14.0. The molecule has 0 fully saturated rings. The van der Waals surface area contributed by atoms with Gasteiger partial charge in [-0.3, -0.25) is 9.59 Å². The van der Waals surface area contributed by atoms with Gasteiger partial charge in [-0.25, -0.2) is 0 Å². The summed E-state index contributed by atoms with van der Waals surface area (Å²) < 4.78 is 12.6. The van der Waals surface area contributed by atoms with Crippen molar-refractivity contribution in [1.29, 1.82) is 0 Å². The molecule has 4 aromatic carbocycles. The number of aryl methyl sites for hydroxylation is 1. The SMILES string of the molecule is Cn1c(=O)c(C(=O)C[C@@H](c2ccc3c(c2)OCO3)N(c2ccccc2)c2ccccc2)c(O)c2ccccc21. The van der Waals surface area contributed by atoms with Gasteiger partial charge >= 0.3 is 0 Å². The molecule has 0 bridgehead atoms. The summed E-state index contributed by atoms with van der Waals surface area (Å²) in [5.41, 5.74) is 2.34. The van der Waals surface area contributed by atoms with Crippen molar-refractivity contribution in [3.8, 4) is 17.2 Å². The molecule has 1 aliphatic heterocycles. The summed E-state index contributed by atoms with van der Waals surface area (Å²) in [5, 5.41) is 11.6. The molecule has 1 atom stereocenters. The van der Waals surface area contributed by atoms with E-state index in [0.717, 1.165) is 16.9 Å². The van der Waals surface area contributed by atoms with Gasteiger partial charge in [-0.05, 0) is 54.1 Å². The van der Waals surface area contributed by atoms with Crippen LogP contribution in [0.3, 0.4) is 0 Å². The number of para-hydroxylation sites is 3. The molecule has 2 heterocycles. The smallest absolute Gasteiger partial charge is 0.265 e. The lowest BCUT2D eigenvalue weighted by atomic mass is 9.94. The van der Waals surface area contributed by atoms with Crippen molar-refractivity contribution in [3.63, 3.8) is 0 Å². The first-order valence-corrected chi connectivity index (χ1v) is 12.7. The van der Waals surface area contributed by atoms with Gasteiger partial charge in [-0.1, -0.05) is 54.6 Å². The highest BCUT2D eigenvalue weighted by molar-refractivity contribution is 6.04. The van der Waals surface area contributed by atoms with E-state index in [9.17, 15) is 14.7 Å². The van der Waals surface area contributed by atoms with Crippen LogP contribution in [0, 0.1) is 0 Å². The average Bonchev–Trinajstić information content (AvgIpc) is 3.45. The first-order valence-electron chi connectivity index (χ1n) is 12.7. The maximum absolute atomic E-state index is 14.0. The van der Waals surface area contributed by atoms with Crippen LogP contribution in [0.1, 0.15) is 28.4 Å². The standard InChI is InChI=1S/C32H26N2O5/c1-33-25-15-9-8-14-24(25)31(36)30(32(33)37)27(35)19-26(21-16-17-28-29(18-21)39-20-38-28)34(22-10-4-2-5-11-22)23-12-6-3-7-13-23/h2-18,26,36H,19-20H2,1H3/t26-/m0/s1. The van der Waals surface area contributed by atoms with E-state index in [1.807, 2.05) is 78.9 Å². The Bertz CT molecular complexity index is 1690. The fourth-order valence-corrected chi connectivity index (χ4v) is 5.17. The molecule has 1 aromatic heterocycles. The molecule has 7 heteroatoms. The molecule has 0 saturated heterocycles. The number of aromatic hydroxyl groups is 1. The zero-order valence-corrected chi connectivity index (χ0v) is 21.3. The molecule has 1 N–H and O–H groups in total. The summed E-state index contributed by atoms with van der Waals surface area (Å²) in [6, 6.07) is 31.6. The third-order valence-electron chi connectivity index (χ3n) is 7.10. The fourth-order valence-electron chi connectivity index (χ4n) is 5.17. The average molecular weight is 519 g/mol. The summed E-state index contributed by atoms with van der Waals surface area (Å²) >= 11 is 0. The van der Waals surface area contributed by atoms with E-state index in [1.165, 1.54) is 4.57 Å². The first-order chi connectivity index (χ1) is 19.0. The lowest BCUT2D eigenvalue weighted by Crippen LogP contribution is -2.30. The van der Waals surface area contributed by atoms with Crippen molar-refractivity contribution in [2.24, 2.45) is 7.05 Å². The third kappa shape index (κ3) is 4.38. The normalized spacial score (nSPS) is 12.8. The van der Waals surface area contributed by atoms with Crippen LogP contribution in [0.5, 0.6) is 17.2 Å². The van der Waals surface area contributed by atoms with Crippen LogP contribution in [0.2, 0.25) is 0 Å². The molecule has 0 amide bonds. The Hall–Kier alpha value is -5.04. The van der Waals surface area contributed by atoms with Crippen molar-refractivity contribution in [2.45, 2.75) is 12.5 Å². The maximum Gasteiger partial charge on any atom is 0.265 e. The third-order valence-corrected chi connectivity index (χ3v) is 7.10. The Labute approximate surface area is 225 Å². The van der Waals surface area contributed by atoms with Gasteiger partial charge in [0.1, 0.15) is 11.3 Å². The van der Waals surface area contributed by atoms with E-state index >= 15 is 0 Å². The Morgan fingerprint density at radius 3 is 2.18 bits per heavy atom. The predicted molar refractivity (Wildman–Crippen MR) is 150 cm³/mol. The topological polar surface area (TPSA) is 81.0 Å². The number of aromatic nitrogens is 1. The van der Waals surface area contributed by atoms with Crippen molar-refractivity contribution >= 4 is 28.1 Å². The highest BCUT2D eigenvalue weighted by Gasteiger charge is 2.30. The number of ketones is 1. The van der Waals surface area contributed by atoms with Crippen molar-refractivity contribution in [1.82, 2.24) is 4.57 Å². The number of benzene rings is 4. The second-order valence-corrected chi connectivity index (χ2v) is 9.40. The quantitative estimate of drug-likeness (QED) is 0.261. The molecule has 0 saturated carbocycles. The van der Waals surface area contributed by atoms with Crippen LogP contribution >= 0.6 is 0 Å². The number of carbonyl (C=O) groups is 1. The van der Waals surface area contributed by atoms with E-state index < -0.39 is 17.4 Å². The molecule has 0 aliphatic carbocycles. The Kier molecular flexibility index (Phi) is 6.25. The number of fused-ring (bicyclic) bond motifs is 2. The molecular weight excluding hydrogens is 492 g/mol. The second kappa shape index (κ2) is 10.0. The number of hydrogen-bond acceptors (Lipinski definition) is 6. The van der Waals surface area contributed by atoms with Crippen LogP contribution < -0.4 is 19.9 Å². The van der Waals surface area contributed by atoms with Crippen molar-refractivity contribution in [2.75, 3.05) is 11.7 Å². The van der Waals surface area contributed by atoms with E-state index in [1.54, 1.807) is 31.3 Å². The largest absolute Gasteiger partial charge is 0.506 e. The molecule has 1 aliphatic rings. The zero-order chi connectivity index (χ0) is 26.9. The molecule has 0 spiro atoms. The highest BCUT2D eigenvalue weighted by atomic mass is 16.7. The summed E-state index contributed by atoms with van der Waals surface area (Å²) in [5.74, 6) is 0.471. The van der Waals surface area contributed by atoms with Crippen molar-refractivity contribution < 1.29 is 19.4 Å². The molecular formula is C32H26N2O5. The molecule has 6 rings (SSSR count). The summed E-state index contributed by atoms with van der Waals surface area (Å²) in [6.45, 7) is 0.129. The number of nitrogens with zero attached hydrogens (tertiary/aromatic N) is 2. The number of Topliss-reactive ketones (excluding diaryl/α,β-unsaturated/α-hetero) is 1. The van der Waals surface area contributed by atoms with Gasteiger partial charge in [0.05, 0.1) is 11.6 Å². The minimum Gasteiger partial charge on any atom is -0.506 e. The van der Waals surface area contributed by atoms with E-state index in [4.69, 9.17) is 9.47 Å². The van der Waals surface area contributed by atoms with Crippen molar-refractivity contribution in [3.05, 3.63) is 125 Å². The lowest BCUT2D eigenvalue weighted by Gasteiger charge is -2.34. The van der Waals surface area contributed by atoms with E-state index in [0.29, 0.717) is 22.4 Å². The Morgan fingerprint density at radius 1 is 0.872 bits per heavy atom. The monoisotopic (exact) mass is 518 g/mol. The van der Waals surface area contributed by atoms with Gasteiger partial charge < -0.3 is 24.0 Å². The fraction of sp³-hybridized carbons (Fsp3) is 0.125. The van der Waals surface area contributed by atoms with Gasteiger partial charge in [-0.15, -0.1) is 0 Å². The highest BCUT2D eigenvalue weighted by Crippen LogP contribution is 2.42. The van der Waals surface area contributed by atoms with Gasteiger partial charge in [0.25, 0.3) is 5.56 Å². The number of anilines is 2. The molecule has 0 radical (unpaired) electrons. The number of hydrogen-bond donors (Lipinski definition) is 1. The van der Waals surface area contributed by atoms with E-state index in [2.05, 4.69) is 4.90 Å². The van der Waals surface area contributed by atoms with Crippen LogP contribution in [0.4, 0.5) is 11.4 Å². The number of ether oxygens (including phenoxy) is 2. The van der Waals surface area contributed by atoms with Gasteiger partial charge in [0.2, 0.25) is 6.79 Å². The van der Waals surface area contributed by atoms with Crippen LogP contribution in [-0.2, 0) is 7.05 Å². The number of rotatable bonds is 7. The first kappa shape index (κ1) is 24.3. The summed E-state index contributed by atoms with van der Waals surface area (Å²) in [6.07, 6.45) is -0.0788. The van der Waals surface area contributed by atoms with Gasteiger partial charge in [0, 0.05) is 30.2 Å². The Balaban J connectivity index is 1.51. The summed E-state index contributed by atoms with van der Waals surface area (Å²) in [4.78, 5) is 29.4. The molecule has 39 heavy (non-hydrogen) atoms. The minimum absolute atomic E-state index is 0.0788. The van der Waals surface area contributed by atoms with Gasteiger partial charge in [0.15, 0.2) is 17.3 Å². The van der Waals surface area contributed by atoms with Gasteiger partial charge in [-0.2, -0.15) is 0 Å². The Morgan fingerprint density at radius 2 is 1.49 bits per heavy atom. The predicted octanol–water partition coefficient (Wildman–Crippen LogP) is 6.13. The summed E-state index contributed by atoms with van der Waals surface area (Å²) in [7, 11) is 1.61. The number of pyridine rings is 1. The zero-order valence-electron chi connectivity index (χ0n) is 21.3. The second-order valence-electron chi connectivity index (χ2n) is 9.40. The van der Waals surface area contributed by atoms with Crippen LogP contribution in [0.15, 0.2) is 108 Å². The lowest BCUT2D eigenvalue weighted by molar-refractivity contribution is 0.0969.